The van der Waals surface area contributed by atoms with Gasteiger partial charge in [-0.25, -0.2) is 0 Å². The summed E-state index contributed by atoms with van der Waals surface area (Å²) in [5.74, 6) is 1.35. The van der Waals surface area contributed by atoms with Crippen LogP contribution in [-0.2, 0) is 13.1 Å². The number of hydrogen-bond donors (Lipinski definition) is 1. The molecule has 0 amide bonds. The van der Waals surface area contributed by atoms with E-state index < -0.39 is 0 Å². The number of nitrogens with zero attached hydrogens (tertiary/aromatic N) is 2. The first-order valence-corrected chi connectivity index (χ1v) is 9.57. The molecule has 1 unspecified atom stereocenters. The van der Waals surface area contributed by atoms with Crippen LogP contribution < -0.4 is 9.64 Å². The number of quaternary nitrogens is 1. The first kappa shape index (κ1) is 16.5. The lowest BCUT2D eigenvalue weighted by atomic mass is 10.0. The second-order valence-corrected chi connectivity index (χ2v) is 7.59. The first-order valence-electron chi connectivity index (χ1n) is 8.29. The number of aromatic nitrogens is 2. The van der Waals surface area contributed by atoms with Gasteiger partial charge in [0.15, 0.2) is 6.67 Å². The third-order valence-corrected chi connectivity index (χ3v) is 6.12. The second kappa shape index (κ2) is 6.74. The Kier molecular flexibility index (Phi) is 4.45. The molecule has 1 N–H and O–H groups in total. The van der Waals surface area contributed by atoms with E-state index >= 15 is 0 Å². The van der Waals surface area contributed by atoms with E-state index in [9.17, 15) is 0 Å². The number of rotatable bonds is 4. The topological polar surface area (TPSA) is 44.6 Å². The Hall–Kier alpha value is -1.96. The third-order valence-electron chi connectivity index (χ3n) is 4.83. The van der Waals surface area contributed by atoms with Crippen LogP contribution in [0.15, 0.2) is 40.1 Å². The Morgan fingerprint density at radius 1 is 1.36 bits per heavy atom. The lowest BCUT2D eigenvalue weighted by Gasteiger charge is -2.29. The number of hydrogen-bond acceptors (Lipinski definition) is 5. The number of nitrogens with one attached hydrogen (secondary N) is 1. The average Bonchev–Trinajstić information content (AvgIpc) is 3.25. The minimum absolute atomic E-state index is 0.418. The summed E-state index contributed by atoms with van der Waals surface area (Å²) in [6.45, 7) is 4.07. The standard InChI is InChI=1S/C18H19N3O2S2/c1-12-15-8-10-25-16(15)7-9-20(12)11-21-18(24)23-17(19-21)13-3-5-14(22-2)6-4-13/h3-6,8,10,12H,7,9,11H2,1-2H3/p+1/t12-/m1/s1. The highest BCUT2D eigenvalue weighted by atomic mass is 32.1. The molecule has 1 aliphatic heterocycles. The molecular weight excluding hydrogens is 354 g/mol. The van der Waals surface area contributed by atoms with Gasteiger partial charge in [0.2, 0.25) is 5.89 Å². The van der Waals surface area contributed by atoms with E-state index in [0.717, 1.165) is 30.9 Å². The van der Waals surface area contributed by atoms with Gasteiger partial charge in [0.25, 0.3) is 4.84 Å². The molecule has 130 valence electrons. The molecule has 5 nitrogen and oxygen atoms in total. The zero-order chi connectivity index (χ0) is 17.4. The van der Waals surface area contributed by atoms with Gasteiger partial charge in [-0.05, 0) is 54.9 Å². The number of benzene rings is 1. The maximum atomic E-state index is 5.72. The summed E-state index contributed by atoms with van der Waals surface area (Å²) < 4.78 is 12.7. The Bertz CT molecular complexity index is 926. The highest BCUT2D eigenvalue weighted by Gasteiger charge is 2.29. The average molecular weight is 375 g/mol. The first-order chi connectivity index (χ1) is 12.2. The van der Waals surface area contributed by atoms with Crippen molar-refractivity contribution in [1.82, 2.24) is 9.78 Å². The molecule has 3 heterocycles. The van der Waals surface area contributed by atoms with Crippen molar-refractivity contribution in [3.8, 4) is 17.2 Å². The van der Waals surface area contributed by atoms with Gasteiger partial charge in [0.1, 0.15) is 11.8 Å². The summed E-state index contributed by atoms with van der Waals surface area (Å²) in [5, 5.41) is 6.78. The molecule has 0 spiro atoms. The Balaban J connectivity index is 1.56. The zero-order valence-corrected chi connectivity index (χ0v) is 15.8. The fraction of sp³-hybridized carbons (Fsp3) is 0.333. The highest BCUT2D eigenvalue weighted by Crippen LogP contribution is 2.25. The molecule has 0 saturated heterocycles. The minimum atomic E-state index is 0.418. The largest absolute Gasteiger partial charge is 0.497 e. The normalized spacial score (nSPS) is 19.6. The molecule has 2 atom stereocenters. The van der Waals surface area contributed by atoms with Gasteiger partial charge in [-0.3, -0.25) is 0 Å². The van der Waals surface area contributed by atoms with Crippen molar-refractivity contribution in [2.45, 2.75) is 26.1 Å². The lowest BCUT2D eigenvalue weighted by Crippen LogP contribution is -3.12. The zero-order valence-electron chi connectivity index (χ0n) is 14.2. The van der Waals surface area contributed by atoms with Crippen molar-refractivity contribution in [3.63, 3.8) is 0 Å². The quantitative estimate of drug-likeness (QED) is 0.713. The molecule has 2 aromatic heterocycles. The molecule has 1 aromatic carbocycles. The van der Waals surface area contributed by atoms with Crippen molar-refractivity contribution in [1.29, 1.82) is 0 Å². The molecule has 0 bridgehead atoms. The molecule has 3 aromatic rings. The summed E-state index contributed by atoms with van der Waals surface area (Å²) >= 11 is 7.25. The van der Waals surface area contributed by atoms with E-state index in [4.69, 9.17) is 21.4 Å². The summed E-state index contributed by atoms with van der Waals surface area (Å²) in [6, 6.07) is 10.3. The molecule has 4 rings (SSSR count). The van der Waals surface area contributed by atoms with E-state index in [1.54, 1.807) is 11.8 Å². The van der Waals surface area contributed by atoms with Gasteiger partial charge in [-0.1, -0.05) is 0 Å². The maximum absolute atomic E-state index is 5.72. The van der Waals surface area contributed by atoms with E-state index in [-0.39, 0.29) is 0 Å². The van der Waals surface area contributed by atoms with Gasteiger partial charge >= 0.3 is 0 Å². The van der Waals surface area contributed by atoms with E-state index in [2.05, 4.69) is 23.5 Å². The van der Waals surface area contributed by atoms with Crippen LogP contribution in [0.4, 0.5) is 0 Å². The minimum Gasteiger partial charge on any atom is -0.497 e. The van der Waals surface area contributed by atoms with Gasteiger partial charge in [0.05, 0.1) is 13.7 Å². The van der Waals surface area contributed by atoms with Crippen LogP contribution in [0.3, 0.4) is 0 Å². The van der Waals surface area contributed by atoms with Crippen molar-refractivity contribution < 1.29 is 14.1 Å². The second-order valence-electron chi connectivity index (χ2n) is 6.24. The van der Waals surface area contributed by atoms with Gasteiger partial charge in [-0.2, -0.15) is 4.68 Å². The predicted molar refractivity (Wildman–Crippen MR) is 99.6 cm³/mol. The summed E-state index contributed by atoms with van der Waals surface area (Å²) in [7, 11) is 1.65. The number of ether oxygens (including phenoxy) is 1. The Labute approximate surface area is 155 Å². The molecule has 0 radical (unpaired) electrons. The van der Waals surface area contributed by atoms with Crippen molar-refractivity contribution >= 4 is 23.6 Å². The highest BCUT2D eigenvalue weighted by molar-refractivity contribution is 7.71. The molecule has 7 heteroatoms. The maximum Gasteiger partial charge on any atom is 0.292 e. The fourth-order valence-electron chi connectivity index (χ4n) is 3.31. The fourth-order valence-corrected chi connectivity index (χ4v) is 4.48. The van der Waals surface area contributed by atoms with Crippen molar-refractivity contribution in [2.75, 3.05) is 13.7 Å². The Morgan fingerprint density at radius 2 is 2.16 bits per heavy atom. The van der Waals surface area contributed by atoms with Crippen LogP contribution in [0.1, 0.15) is 23.4 Å². The third kappa shape index (κ3) is 3.15. The summed E-state index contributed by atoms with van der Waals surface area (Å²) in [6.07, 6.45) is 1.11. The van der Waals surface area contributed by atoms with E-state index in [0.29, 0.717) is 16.8 Å². The van der Waals surface area contributed by atoms with Gasteiger partial charge in [-0.15, -0.1) is 16.4 Å². The van der Waals surface area contributed by atoms with Crippen molar-refractivity contribution in [2.24, 2.45) is 0 Å². The van der Waals surface area contributed by atoms with Crippen LogP contribution in [0.5, 0.6) is 5.75 Å². The molecule has 1 aliphatic rings. The number of thiophene rings is 1. The van der Waals surface area contributed by atoms with Crippen molar-refractivity contribution in [3.05, 3.63) is 51.0 Å². The molecule has 25 heavy (non-hydrogen) atoms. The summed E-state index contributed by atoms with van der Waals surface area (Å²) in [5.41, 5.74) is 2.35. The van der Waals surface area contributed by atoms with Crippen LogP contribution >= 0.6 is 23.6 Å². The van der Waals surface area contributed by atoms with Crippen LogP contribution in [0.2, 0.25) is 0 Å². The van der Waals surface area contributed by atoms with Gasteiger partial charge < -0.3 is 14.1 Å². The molecular formula is C18H20N3O2S2+. The van der Waals surface area contributed by atoms with E-state index in [1.165, 1.54) is 15.3 Å². The lowest BCUT2D eigenvalue weighted by molar-refractivity contribution is -0.954. The smallest absolute Gasteiger partial charge is 0.292 e. The number of methoxy groups -OCH3 is 1. The van der Waals surface area contributed by atoms with Crippen LogP contribution in [0.25, 0.3) is 11.5 Å². The number of fused-ring (bicyclic) bond motifs is 1. The monoisotopic (exact) mass is 374 g/mol. The van der Waals surface area contributed by atoms with Gasteiger partial charge in [0, 0.05) is 22.4 Å². The van der Waals surface area contributed by atoms with E-state index in [1.807, 2.05) is 35.6 Å². The molecule has 0 aliphatic carbocycles. The van der Waals surface area contributed by atoms with Crippen LogP contribution in [0, 0.1) is 4.84 Å². The Morgan fingerprint density at radius 3 is 2.92 bits per heavy atom. The van der Waals surface area contributed by atoms with Crippen LogP contribution in [-0.4, -0.2) is 23.4 Å². The molecule has 0 fully saturated rings. The molecule has 0 saturated carbocycles. The SMILES string of the molecule is COc1ccc(-c2nn(C[NH+]3CCc4sccc4[C@H]3C)c(=S)o2)cc1. The predicted octanol–water partition coefficient (Wildman–Crippen LogP) is 3.10. The summed E-state index contributed by atoms with van der Waals surface area (Å²) in [4.78, 5) is 3.39.